The lowest BCUT2D eigenvalue weighted by Crippen LogP contribution is -2.22. The molecule has 26 heavy (non-hydrogen) atoms. The Kier molecular flexibility index (Phi) is 4.70. The van der Waals surface area contributed by atoms with E-state index in [9.17, 15) is 0 Å². The third-order valence-corrected chi connectivity index (χ3v) is 5.10. The topological polar surface area (TPSA) is 34.5 Å². The molecular weight excluding hydrogens is 320 g/mol. The molecule has 0 amide bonds. The van der Waals surface area contributed by atoms with Crippen LogP contribution in [-0.4, -0.2) is 23.8 Å². The van der Waals surface area contributed by atoms with Gasteiger partial charge in [0, 0.05) is 22.7 Å². The molecule has 1 atom stereocenters. The highest BCUT2D eigenvalue weighted by atomic mass is 16.5. The van der Waals surface area contributed by atoms with Gasteiger partial charge >= 0.3 is 0 Å². The average molecular weight is 344 g/mol. The first-order valence-corrected chi connectivity index (χ1v) is 9.38. The molecule has 2 aromatic carbocycles. The summed E-state index contributed by atoms with van der Waals surface area (Å²) in [6, 6.07) is 17.2. The van der Waals surface area contributed by atoms with Crippen LogP contribution in [0, 0.1) is 0 Å². The molecule has 0 aliphatic carbocycles. The number of pyridine rings is 1. The Morgan fingerprint density at radius 3 is 2.88 bits per heavy atom. The van der Waals surface area contributed by atoms with Crippen LogP contribution in [0.2, 0.25) is 0 Å². The van der Waals surface area contributed by atoms with E-state index in [1.807, 2.05) is 18.3 Å². The van der Waals surface area contributed by atoms with Crippen molar-refractivity contribution in [3.8, 4) is 5.75 Å². The minimum absolute atomic E-state index is 0.342. The van der Waals surface area contributed by atoms with Crippen molar-refractivity contribution in [3.63, 3.8) is 0 Å². The van der Waals surface area contributed by atoms with Crippen LogP contribution in [0.1, 0.15) is 42.9 Å². The lowest BCUT2D eigenvalue weighted by molar-refractivity contribution is 0.414. The number of methoxy groups -OCH3 is 1. The Bertz CT molecular complexity index is 961. The molecule has 0 unspecified atom stereocenters. The maximum atomic E-state index is 5.45. The fraction of sp³-hybridized carbons (Fsp3) is 0.304. The Balaban J connectivity index is 1.81. The van der Waals surface area contributed by atoms with Crippen LogP contribution in [0.15, 0.2) is 59.7 Å². The minimum atomic E-state index is 0.342. The quantitative estimate of drug-likeness (QED) is 0.638. The van der Waals surface area contributed by atoms with E-state index < -0.39 is 0 Å². The van der Waals surface area contributed by atoms with Gasteiger partial charge in [-0.15, -0.1) is 0 Å². The standard InChI is InChI=1S/C23H24N2O/c1-3-4-7-19-14-18-15-20(26-2)9-10-21(18)23(25-19)17-8-11-22-16(13-17)6-5-12-24-22/h5-6,8-13,15,19H,3-4,7,14H2,1-2H3/t19-/m0/s1. The van der Waals surface area contributed by atoms with E-state index in [1.165, 1.54) is 24.0 Å². The first-order valence-electron chi connectivity index (χ1n) is 9.38. The highest BCUT2D eigenvalue weighted by Gasteiger charge is 2.22. The summed E-state index contributed by atoms with van der Waals surface area (Å²) in [6.45, 7) is 2.24. The van der Waals surface area contributed by atoms with E-state index >= 15 is 0 Å². The first-order chi connectivity index (χ1) is 12.8. The molecule has 3 heteroatoms. The van der Waals surface area contributed by atoms with Crippen molar-refractivity contribution < 1.29 is 4.74 Å². The zero-order chi connectivity index (χ0) is 17.9. The Morgan fingerprint density at radius 2 is 2.04 bits per heavy atom. The molecule has 132 valence electrons. The summed E-state index contributed by atoms with van der Waals surface area (Å²) < 4.78 is 5.45. The maximum Gasteiger partial charge on any atom is 0.119 e. The predicted molar refractivity (Wildman–Crippen MR) is 107 cm³/mol. The summed E-state index contributed by atoms with van der Waals surface area (Å²) >= 11 is 0. The molecule has 1 aromatic heterocycles. The van der Waals surface area contributed by atoms with Gasteiger partial charge in [0.25, 0.3) is 0 Å². The number of hydrogen-bond donors (Lipinski definition) is 0. The van der Waals surface area contributed by atoms with Crippen LogP contribution in [-0.2, 0) is 6.42 Å². The number of rotatable bonds is 5. The highest BCUT2D eigenvalue weighted by molar-refractivity contribution is 6.15. The number of aliphatic imine (C=N–C) groups is 1. The van der Waals surface area contributed by atoms with Gasteiger partial charge in [-0.3, -0.25) is 9.98 Å². The lowest BCUT2D eigenvalue weighted by atomic mass is 9.88. The number of aromatic nitrogens is 1. The molecule has 0 radical (unpaired) electrons. The van der Waals surface area contributed by atoms with Gasteiger partial charge in [0.1, 0.15) is 5.75 Å². The van der Waals surface area contributed by atoms with Gasteiger partial charge < -0.3 is 4.74 Å². The minimum Gasteiger partial charge on any atom is -0.497 e. The fourth-order valence-electron chi connectivity index (χ4n) is 3.71. The van der Waals surface area contributed by atoms with Crippen LogP contribution in [0.25, 0.3) is 10.9 Å². The predicted octanol–water partition coefficient (Wildman–Crippen LogP) is 5.20. The number of fused-ring (bicyclic) bond motifs is 2. The van der Waals surface area contributed by atoms with Crippen molar-refractivity contribution in [2.45, 2.75) is 38.6 Å². The van der Waals surface area contributed by atoms with E-state index in [0.717, 1.165) is 40.8 Å². The van der Waals surface area contributed by atoms with Crippen molar-refractivity contribution >= 4 is 16.6 Å². The zero-order valence-electron chi connectivity index (χ0n) is 15.4. The van der Waals surface area contributed by atoms with Crippen molar-refractivity contribution in [2.24, 2.45) is 4.99 Å². The molecule has 0 saturated heterocycles. The van der Waals surface area contributed by atoms with Gasteiger partial charge in [-0.05, 0) is 54.8 Å². The smallest absolute Gasteiger partial charge is 0.119 e. The van der Waals surface area contributed by atoms with E-state index in [-0.39, 0.29) is 0 Å². The third-order valence-electron chi connectivity index (χ3n) is 5.10. The fourth-order valence-corrected chi connectivity index (χ4v) is 3.71. The van der Waals surface area contributed by atoms with Crippen molar-refractivity contribution in [3.05, 3.63) is 71.4 Å². The van der Waals surface area contributed by atoms with Crippen LogP contribution < -0.4 is 4.74 Å². The maximum absolute atomic E-state index is 5.45. The summed E-state index contributed by atoms with van der Waals surface area (Å²) in [5.41, 5.74) is 5.84. The normalized spacial score (nSPS) is 16.2. The van der Waals surface area contributed by atoms with Gasteiger partial charge in [0.15, 0.2) is 0 Å². The molecule has 3 nitrogen and oxygen atoms in total. The lowest BCUT2D eigenvalue weighted by Gasteiger charge is -2.24. The van der Waals surface area contributed by atoms with E-state index in [4.69, 9.17) is 9.73 Å². The van der Waals surface area contributed by atoms with Gasteiger partial charge in [0.2, 0.25) is 0 Å². The van der Waals surface area contributed by atoms with Gasteiger partial charge in [-0.1, -0.05) is 31.9 Å². The van der Waals surface area contributed by atoms with E-state index in [1.54, 1.807) is 7.11 Å². The highest BCUT2D eigenvalue weighted by Crippen LogP contribution is 2.29. The molecule has 0 N–H and O–H groups in total. The second kappa shape index (κ2) is 7.28. The summed E-state index contributed by atoms with van der Waals surface area (Å²) in [4.78, 5) is 9.58. The monoisotopic (exact) mass is 344 g/mol. The first kappa shape index (κ1) is 16.8. The number of nitrogens with zero attached hydrogens (tertiary/aromatic N) is 2. The number of benzene rings is 2. The molecular formula is C23H24N2O. The van der Waals surface area contributed by atoms with E-state index in [2.05, 4.69) is 48.3 Å². The Hall–Kier alpha value is -2.68. The average Bonchev–Trinajstić information content (AvgIpc) is 2.70. The second-order valence-electron chi connectivity index (χ2n) is 6.91. The molecule has 1 aliphatic heterocycles. The van der Waals surface area contributed by atoms with Crippen molar-refractivity contribution in [1.29, 1.82) is 0 Å². The molecule has 4 rings (SSSR count). The molecule has 3 aromatic rings. The van der Waals surface area contributed by atoms with Crippen LogP contribution >= 0.6 is 0 Å². The number of unbranched alkanes of at least 4 members (excludes halogenated alkanes) is 1. The van der Waals surface area contributed by atoms with Crippen molar-refractivity contribution in [2.75, 3.05) is 7.11 Å². The number of ether oxygens (including phenoxy) is 1. The molecule has 0 spiro atoms. The summed E-state index contributed by atoms with van der Waals surface area (Å²) in [6.07, 6.45) is 6.37. The van der Waals surface area contributed by atoms with Gasteiger partial charge in [-0.25, -0.2) is 0 Å². The molecule has 0 fully saturated rings. The molecule has 1 aliphatic rings. The summed E-state index contributed by atoms with van der Waals surface area (Å²) in [5, 5.41) is 1.15. The SMILES string of the molecule is CCCC[C@H]1Cc2cc(OC)ccc2C(c2ccc3ncccc3c2)=N1. The van der Waals surface area contributed by atoms with Crippen LogP contribution in [0.4, 0.5) is 0 Å². The van der Waals surface area contributed by atoms with Crippen molar-refractivity contribution in [1.82, 2.24) is 4.98 Å². The summed E-state index contributed by atoms with van der Waals surface area (Å²) in [5.74, 6) is 0.918. The van der Waals surface area contributed by atoms with Crippen LogP contribution in [0.3, 0.4) is 0 Å². The Morgan fingerprint density at radius 1 is 1.12 bits per heavy atom. The summed E-state index contributed by atoms with van der Waals surface area (Å²) in [7, 11) is 1.73. The van der Waals surface area contributed by atoms with Gasteiger partial charge in [0.05, 0.1) is 24.4 Å². The number of hydrogen-bond acceptors (Lipinski definition) is 3. The molecule has 2 heterocycles. The van der Waals surface area contributed by atoms with Gasteiger partial charge in [-0.2, -0.15) is 0 Å². The van der Waals surface area contributed by atoms with Crippen LogP contribution in [0.5, 0.6) is 5.75 Å². The zero-order valence-corrected chi connectivity index (χ0v) is 15.4. The third kappa shape index (κ3) is 3.22. The molecule has 0 bridgehead atoms. The Labute approximate surface area is 154 Å². The molecule has 0 saturated carbocycles. The van der Waals surface area contributed by atoms with E-state index in [0.29, 0.717) is 6.04 Å². The largest absolute Gasteiger partial charge is 0.497 e. The second-order valence-corrected chi connectivity index (χ2v) is 6.91.